The van der Waals surface area contributed by atoms with Gasteiger partial charge in [-0.05, 0) is 61.3 Å². The minimum absolute atomic E-state index is 0.0451. The quantitative estimate of drug-likeness (QED) is 0.916. The highest BCUT2D eigenvalue weighted by atomic mass is 79.9. The van der Waals surface area contributed by atoms with Gasteiger partial charge in [-0.15, -0.1) is 0 Å². The lowest BCUT2D eigenvalue weighted by molar-refractivity contribution is 0.420. The third kappa shape index (κ3) is 3.67. The van der Waals surface area contributed by atoms with Crippen molar-refractivity contribution in [2.75, 3.05) is 0 Å². The molecular weight excluding hydrogens is 321 g/mol. The Morgan fingerprint density at radius 2 is 2.05 bits per heavy atom. The molecule has 1 N–H and O–H groups in total. The molecule has 108 valence electrons. The van der Waals surface area contributed by atoms with Gasteiger partial charge in [0.1, 0.15) is 5.82 Å². The molecule has 3 nitrogen and oxygen atoms in total. The Morgan fingerprint density at radius 3 is 2.70 bits per heavy atom. The Hall–Kier alpha value is -1.20. The first-order valence-corrected chi connectivity index (χ1v) is 7.31. The van der Waals surface area contributed by atoms with E-state index < -0.39 is 0 Å². The number of halogens is 2. The summed E-state index contributed by atoms with van der Waals surface area (Å²) in [5, 5.41) is 7.87. The van der Waals surface area contributed by atoms with E-state index >= 15 is 0 Å². The fraction of sp³-hybridized carbons (Fsp3) is 0.400. The van der Waals surface area contributed by atoms with Crippen LogP contribution >= 0.6 is 15.9 Å². The van der Waals surface area contributed by atoms with Gasteiger partial charge in [0.05, 0.1) is 15.9 Å². The van der Waals surface area contributed by atoms with E-state index in [-0.39, 0.29) is 11.4 Å². The predicted molar refractivity (Wildman–Crippen MR) is 82.6 cm³/mol. The van der Waals surface area contributed by atoms with Crippen molar-refractivity contribution in [3.63, 3.8) is 0 Å². The maximum atomic E-state index is 13.7. The molecule has 0 saturated heterocycles. The van der Waals surface area contributed by atoms with Crippen molar-refractivity contribution < 1.29 is 4.39 Å². The van der Waals surface area contributed by atoms with Gasteiger partial charge < -0.3 is 5.32 Å². The SMILES string of the molecule is Cc1cc(Br)c(F)cc1-n1ccc(CNC(C)(C)C)n1. The maximum absolute atomic E-state index is 13.7. The minimum Gasteiger partial charge on any atom is -0.306 e. The maximum Gasteiger partial charge on any atom is 0.139 e. The van der Waals surface area contributed by atoms with E-state index in [9.17, 15) is 4.39 Å². The third-order valence-corrected chi connectivity index (χ3v) is 3.54. The molecule has 1 aromatic heterocycles. The van der Waals surface area contributed by atoms with E-state index in [1.165, 1.54) is 6.07 Å². The number of nitrogens with one attached hydrogen (secondary N) is 1. The van der Waals surface area contributed by atoms with Crippen molar-refractivity contribution in [3.05, 3.63) is 45.9 Å². The van der Waals surface area contributed by atoms with Crippen molar-refractivity contribution in [2.24, 2.45) is 0 Å². The number of rotatable bonds is 3. The molecule has 2 aromatic rings. The van der Waals surface area contributed by atoms with Crippen LogP contribution in [0.4, 0.5) is 4.39 Å². The molecule has 0 bridgehead atoms. The molecule has 0 atom stereocenters. The standard InChI is InChI=1S/C15H19BrFN3/c1-10-7-12(16)13(17)8-14(10)20-6-5-11(19-20)9-18-15(2,3)4/h5-8,18H,9H2,1-4H3. The second kappa shape index (κ2) is 5.66. The molecule has 0 saturated carbocycles. The Kier molecular flexibility index (Phi) is 4.30. The van der Waals surface area contributed by atoms with Gasteiger partial charge in [0.2, 0.25) is 0 Å². The summed E-state index contributed by atoms with van der Waals surface area (Å²) >= 11 is 3.19. The third-order valence-electron chi connectivity index (χ3n) is 2.93. The summed E-state index contributed by atoms with van der Waals surface area (Å²) in [4.78, 5) is 0. The number of nitrogens with zero attached hydrogens (tertiary/aromatic N) is 2. The lowest BCUT2D eigenvalue weighted by Gasteiger charge is -2.19. The van der Waals surface area contributed by atoms with Crippen molar-refractivity contribution in [3.8, 4) is 5.69 Å². The van der Waals surface area contributed by atoms with Crippen LogP contribution in [0.15, 0.2) is 28.9 Å². The van der Waals surface area contributed by atoms with Crippen LogP contribution in [0.3, 0.4) is 0 Å². The highest BCUT2D eigenvalue weighted by molar-refractivity contribution is 9.10. The normalized spacial score (nSPS) is 11.9. The number of aryl methyl sites for hydroxylation is 1. The van der Waals surface area contributed by atoms with Gasteiger partial charge in [0.15, 0.2) is 0 Å². The first-order valence-electron chi connectivity index (χ1n) is 6.52. The Bertz CT molecular complexity index is 614. The summed E-state index contributed by atoms with van der Waals surface area (Å²) in [7, 11) is 0. The summed E-state index contributed by atoms with van der Waals surface area (Å²) in [5.74, 6) is -0.282. The van der Waals surface area contributed by atoms with Crippen LogP contribution in [0.1, 0.15) is 32.0 Å². The molecule has 0 radical (unpaired) electrons. The van der Waals surface area contributed by atoms with Crippen LogP contribution in [0.5, 0.6) is 0 Å². The van der Waals surface area contributed by atoms with Gasteiger partial charge in [0, 0.05) is 24.3 Å². The van der Waals surface area contributed by atoms with Gasteiger partial charge in [-0.3, -0.25) is 0 Å². The predicted octanol–water partition coefficient (Wildman–Crippen LogP) is 3.97. The molecule has 1 heterocycles. The van der Waals surface area contributed by atoms with Gasteiger partial charge in [-0.1, -0.05) is 0 Å². The van der Waals surface area contributed by atoms with Crippen molar-refractivity contribution in [2.45, 2.75) is 39.8 Å². The Labute approximate surface area is 127 Å². The molecule has 0 fully saturated rings. The second-order valence-electron chi connectivity index (χ2n) is 5.91. The zero-order valence-electron chi connectivity index (χ0n) is 12.2. The van der Waals surface area contributed by atoms with Gasteiger partial charge in [-0.25, -0.2) is 9.07 Å². The molecule has 0 aliphatic rings. The lowest BCUT2D eigenvalue weighted by atomic mass is 10.1. The average Bonchev–Trinajstić information content (AvgIpc) is 2.79. The van der Waals surface area contributed by atoms with Crippen LogP contribution in [-0.4, -0.2) is 15.3 Å². The topological polar surface area (TPSA) is 29.9 Å². The number of hydrogen-bond donors (Lipinski definition) is 1. The zero-order chi connectivity index (χ0) is 14.9. The highest BCUT2D eigenvalue weighted by Gasteiger charge is 2.11. The lowest BCUT2D eigenvalue weighted by Crippen LogP contribution is -2.35. The number of aromatic nitrogens is 2. The molecule has 1 aromatic carbocycles. The summed E-state index contributed by atoms with van der Waals surface area (Å²) < 4.78 is 15.8. The molecule has 2 rings (SSSR count). The van der Waals surface area contributed by atoms with Crippen LogP contribution in [-0.2, 0) is 6.54 Å². The fourth-order valence-corrected chi connectivity index (χ4v) is 2.29. The van der Waals surface area contributed by atoms with E-state index in [2.05, 4.69) is 47.1 Å². The van der Waals surface area contributed by atoms with Gasteiger partial charge in [0.25, 0.3) is 0 Å². The van der Waals surface area contributed by atoms with Crippen molar-refractivity contribution in [1.29, 1.82) is 0 Å². The molecule has 0 amide bonds. The summed E-state index contributed by atoms with van der Waals surface area (Å²) in [5.41, 5.74) is 2.70. The smallest absolute Gasteiger partial charge is 0.139 e. The molecule has 0 unspecified atom stereocenters. The molecular formula is C15H19BrFN3. The van der Waals surface area contributed by atoms with E-state index in [4.69, 9.17) is 0 Å². The minimum atomic E-state index is -0.282. The van der Waals surface area contributed by atoms with Crippen molar-refractivity contribution in [1.82, 2.24) is 15.1 Å². The van der Waals surface area contributed by atoms with Gasteiger partial charge in [-0.2, -0.15) is 5.10 Å². The van der Waals surface area contributed by atoms with Gasteiger partial charge >= 0.3 is 0 Å². The van der Waals surface area contributed by atoms with Crippen LogP contribution < -0.4 is 5.32 Å². The van der Waals surface area contributed by atoms with E-state index in [0.29, 0.717) is 11.0 Å². The van der Waals surface area contributed by atoms with Crippen LogP contribution in [0.25, 0.3) is 5.69 Å². The number of hydrogen-bond acceptors (Lipinski definition) is 2. The van der Waals surface area contributed by atoms with E-state index in [1.807, 2.05) is 19.2 Å². The van der Waals surface area contributed by atoms with E-state index in [1.54, 1.807) is 10.7 Å². The molecule has 5 heteroatoms. The largest absolute Gasteiger partial charge is 0.306 e. The molecule has 0 aliphatic heterocycles. The summed E-state index contributed by atoms with van der Waals surface area (Å²) in [6.45, 7) is 8.96. The molecule has 20 heavy (non-hydrogen) atoms. The zero-order valence-corrected chi connectivity index (χ0v) is 13.8. The Balaban J connectivity index is 2.23. The fourth-order valence-electron chi connectivity index (χ4n) is 1.83. The first-order chi connectivity index (χ1) is 9.26. The monoisotopic (exact) mass is 339 g/mol. The molecule has 0 aliphatic carbocycles. The Morgan fingerprint density at radius 1 is 1.35 bits per heavy atom. The second-order valence-corrected chi connectivity index (χ2v) is 6.76. The average molecular weight is 340 g/mol. The summed E-state index contributed by atoms with van der Waals surface area (Å²) in [6.07, 6.45) is 1.86. The van der Waals surface area contributed by atoms with Crippen LogP contribution in [0, 0.1) is 12.7 Å². The van der Waals surface area contributed by atoms with Crippen LogP contribution in [0.2, 0.25) is 0 Å². The number of benzene rings is 1. The highest BCUT2D eigenvalue weighted by Crippen LogP contribution is 2.22. The van der Waals surface area contributed by atoms with E-state index in [0.717, 1.165) is 16.9 Å². The first kappa shape index (κ1) is 15.2. The summed E-state index contributed by atoms with van der Waals surface area (Å²) in [6, 6.07) is 5.20. The van der Waals surface area contributed by atoms with Crippen molar-refractivity contribution >= 4 is 15.9 Å². The molecule has 0 spiro atoms.